The molecule has 1 amide bonds. The summed E-state index contributed by atoms with van der Waals surface area (Å²) < 4.78 is 41.1. The van der Waals surface area contributed by atoms with Crippen LogP contribution in [0.1, 0.15) is 30.0 Å². The number of hydrazine groups is 1. The molecule has 0 radical (unpaired) electrons. The van der Waals surface area contributed by atoms with E-state index in [-0.39, 0.29) is 22.7 Å². The zero-order chi connectivity index (χ0) is 19.6. The molecule has 1 atom stereocenters. The van der Waals surface area contributed by atoms with Crippen LogP contribution < -0.4 is 11.3 Å². The molecule has 3 rings (SSSR count). The highest BCUT2D eigenvalue weighted by atomic mass is 19.4. The van der Waals surface area contributed by atoms with Gasteiger partial charge in [-0.25, -0.2) is 10.8 Å². The van der Waals surface area contributed by atoms with Crippen LogP contribution >= 0.6 is 0 Å². The molecule has 8 heteroatoms. The number of aliphatic imine (C=N–C) groups is 2. The topological polar surface area (TPSA) is 79.8 Å². The number of carbonyl (C=O) groups excluding carboxylic acids is 1. The third-order valence-electron chi connectivity index (χ3n) is 4.22. The Kier molecular flexibility index (Phi) is 5.09. The lowest BCUT2D eigenvalue weighted by Gasteiger charge is -2.16. The van der Waals surface area contributed by atoms with Gasteiger partial charge in [-0.15, -0.1) is 0 Å². The summed E-state index contributed by atoms with van der Waals surface area (Å²) in [6, 6.07) is 11.5. The quantitative estimate of drug-likeness (QED) is 0.491. The van der Waals surface area contributed by atoms with Crippen LogP contribution in [-0.2, 0) is 11.0 Å². The number of rotatable bonds is 3. The Bertz CT molecular complexity index is 920. The molecule has 5 nitrogen and oxygen atoms in total. The number of alkyl halides is 3. The summed E-state index contributed by atoms with van der Waals surface area (Å²) in [5.74, 6) is 4.55. The number of halogens is 3. The highest BCUT2D eigenvalue weighted by Crippen LogP contribution is 2.39. The molecule has 1 unspecified atom stereocenters. The van der Waals surface area contributed by atoms with E-state index in [2.05, 4.69) is 9.98 Å². The molecule has 0 saturated carbocycles. The Morgan fingerprint density at radius 1 is 1.15 bits per heavy atom. The SMILES string of the molecule is CCC1N=C(c2ccccc2)c2c(cccc2C(F)(F)F)N=C1C(=O)NN. The molecule has 0 aromatic heterocycles. The molecule has 1 aliphatic heterocycles. The van der Waals surface area contributed by atoms with Crippen molar-refractivity contribution in [2.24, 2.45) is 15.8 Å². The van der Waals surface area contributed by atoms with Crippen molar-refractivity contribution in [3.8, 4) is 0 Å². The monoisotopic (exact) mass is 374 g/mol. The summed E-state index contributed by atoms with van der Waals surface area (Å²) in [4.78, 5) is 20.9. The molecular weight excluding hydrogens is 357 g/mol. The Labute approximate surface area is 153 Å². The Balaban J connectivity index is 2.37. The van der Waals surface area contributed by atoms with Gasteiger partial charge < -0.3 is 0 Å². The fraction of sp³-hybridized carbons (Fsp3) is 0.211. The van der Waals surface area contributed by atoms with Gasteiger partial charge in [0.25, 0.3) is 5.91 Å². The highest BCUT2D eigenvalue weighted by molar-refractivity contribution is 6.42. The number of nitrogens with one attached hydrogen (secondary N) is 1. The summed E-state index contributed by atoms with van der Waals surface area (Å²) in [6.07, 6.45) is -4.23. The predicted octanol–water partition coefficient (Wildman–Crippen LogP) is 3.40. The van der Waals surface area contributed by atoms with Gasteiger partial charge in [-0.2, -0.15) is 13.2 Å². The maximum atomic E-state index is 13.7. The summed E-state index contributed by atoms with van der Waals surface area (Å²) in [6.45, 7) is 1.77. The maximum absolute atomic E-state index is 13.7. The average molecular weight is 374 g/mol. The fourth-order valence-corrected chi connectivity index (χ4v) is 2.98. The van der Waals surface area contributed by atoms with E-state index in [1.807, 2.05) is 5.43 Å². The minimum absolute atomic E-state index is 0.0218. The standard InChI is InChI=1S/C19H17F3N4O/c1-2-13-17(18(27)26-23)25-14-10-6-9-12(19(20,21)22)15(14)16(24-13)11-7-4-3-5-8-11/h3-10,13H,2,23H2,1H3,(H,26,27). The molecule has 0 bridgehead atoms. The fourth-order valence-electron chi connectivity index (χ4n) is 2.98. The van der Waals surface area contributed by atoms with Gasteiger partial charge in [0.2, 0.25) is 0 Å². The number of fused-ring (bicyclic) bond motifs is 1. The largest absolute Gasteiger partial charge is 0.417 e. The van der Waals surface area contributed by atoms with Crippen LogP contribution in [0, 0.1) is 0 Å². The number of nitrogens with zero attached hydrogens (tertiary/aromatic N) is 2. The first kappa shape index (κ1) is 18.8. The van der Waals surface area contributed by atoms with Gasteiger partial charge >= 0.3 is 6.18 Å². The van der Waals surface area contributed by atoms with E-state index >= 15 is 0 Å². The van der Waals surface area contributed by atoms with Crippen molar-refractivity contribution in [1.82, 2.24) is 5.43 Å². The van der Waals surface area contributed by atoms with Crippen LogP contribution in [0.15, 0.2) is 58.5 Å². The first-order chi connectivity index (χ1) is 12.9. The summed E-state index contributed by atoms with van der Waals surface area (Å²) in [5, 5.41) is 0. The molecular formula is C19H17F3N4O. The number of hydrogen-bond donors (Lipinski definition) is 2. The van der Waals surface area contributed by atoms with Crippen molar-refractivity contribution in [2.75, 3.05) is 0 Å². The number of nitrogens with two attached hydrogens (primary N) is 1. The molecule has 0 fully saturated rings. The Morgan fingerprint density at radius 3 is 2.44 bits per heavy atom. The van der Waals surface area contributed by atoms with Crippen LogP contribution in [0.4, 0.5) is 18.9 Å². The third-order valence-corrected chi connectivity index (χ3v) is 4.22. The van der Waals surface area contributed by atoms with Crippen LogP contribution in [0.25, 0.3) is 0 Å². The zero-order valence-corrected chi connectivity index (χ0v) is 14.4. The lowest BCUT2D eigenvalue weighted by Crippen LogP contribution is -2.41. The summed E-state index contributed by atoms with van der Waals surface area (Å²) in [5.41, 5.74) is 1.67. The molecule has 0 spiro atoms. The van der Waals surface area contributed by atoms with Crippen molar-refractivity contribution in [3.05, 3.63) is 65.2 Å². The molecule has 1 heterocycles. The summed E-state index contributed by atoms with van der Waals surface area (Å²) >= 11 is 0. The second kappa shape index (κ2) is 7.32. The van der Waals surface area contributed by atoms with E-state index in [0.717, 1.165) is 6.07 Å². The van der Waals surface area contributed by atoms with E-state index in [0.29, 0.717) is 12.0 Å². The molecule has 140 valence electrons. The minimum atomic E-state index is -4.60. The van der Waals surface area contributed by atoms with Gasteiger partial charge in [-0.05, 0) is 18.6 Å². The van der Waals surface area contributed by atoms with Crippen LogP contribution in [0.5, 0.6) is 0 Å². The Morgan fingerprint density at radius 2 is 1.85 bits per heavy atom. The highest BCUT2D eigenvalue weighted by Gasteiger charge is 2.37. The number of hydrogen-bond acceptors (Lipinski definition) is 4. The second-order valence-corrected chi connectivity index (χ2v) is 5.94. The minimum Gasteiger partial charge on any atom is -0.289 e. The van der Waals surface area contributed by atoms with E-state index in [9.17, 15) is 18.0 Å². The normalized spacial score (nSPS) is 16.7. The smallest absolute Gasteiger partial charge is 0.289 e. The van der Waals surface area contributed by atoms with Crippen molar-refractivity contribution in [1.29, 1.82) is 0 Å². The van der Waals surface area contributed by atoms with E-state index in [4.69, 9.17) is 5.84 Å². The molecule has 3 N–H and O–H groups in total. The lowest BCUT2D eigenvalue weighted by atomic mass is 9.95. The van der Waals surface area contributed by atoms with E-state index < -0.39 is 23.7 Å². The van der Waals surface area contributed by atoms with Crippen molar-refractivity contribution >= 4 is 23.0 Å². The van der Waals surface area contributed by atoms with Crippen LogP contribution in [0.3, 0.4) is 0 Å². The molecule has 2 aromatic carbocycles. The first-order valence-electron chi connectivity index (χ1n) is 8.30. The Hall–Kier alpha value is -3.00. The van der Waals surface area contributed by atoms with Gasteiger partial charge in [-0.3, -0.25) is 15.2 Å². The molecule has 1 aliphatic rings. The molecule has 0 aliphatic carbocycles. The van der Waals surface area contributed by atoms with Gasteiger partial charge in [0, 0.05) is 11.1 Å². The third kappa shape index (κ3) is 3.61. The number of carbonyl (C=O) groups is 1. The molecule has 2 aromatic rings. The van der Waals surface area contributed by atoms with E-state index in [1.165, 1.54) is 12.1 Å². The van der Waals surface area contributed by atoms with Crippen molar-refractivity contribution < 1.29 is 18.0 Å². The van der Waals surface area contributed by atoms with Crippen LogP contribution in [0.2, 0.25) is 0 Å². The van der Waals surface area contributed by atoms with Gasteiger partial charge in [0.15, 0.2) is 0 Å². The zero-order valence-electron chi connectivity index (χ0n) is 14.4. The lowest BCUT2D eigenvalue weighted by molar-refractivity contribution is -0.137. The number of benzene rings is 2. The van der Waals surface area contributed by atoms with Crippen LogP contribution in [-0.4, -0.2) is 23.4 Å². The summed E-state index contributed by atoms with van der Waals surface area (Å²) in [7, 11) is 0. The van der Waals surface area contributed by atoms with Gasteiger partial charge in [0.1, 0.15) is 5.71 Å². The van der Waals surface area contributed by atoms with E-state index in [1.54, 1.807) is 37.3 Å². The average Bonchev–Trinajstić information content (AvgIpc) is 2.84. The molecule has 0 saturated heterocycles. The van der Waals surface area contributed by atoms with Gasteiger partial charge in [-0.1, -0.05) is 43.3 Å². The number of amides is 1. The second-order valence-electron chi connectivity index (χ2n) is 5.94. The van der Waals surface area contributed by atoms with Crippen molar-refractivity contribution in [2.45, 2.75) is 25.6 Å². The predicted molar refractivity (Wildman–Crippen MR) is 97.0 cm³/mol. The first-order valence-corrected chi connectivity index (χ1v) is 8.30. The molecule has 27 heavy (non-hydrogen) atoms. The van der Waals surface area contributed by atoms with Gasteiger partial charge in [0.05, 0.1) is 23.0 Å². The maximum Gasteiger partial charge on any atom is 0.417 e. The van der Waals surface area contributed by atoms with Crippen molar-refractivity contribution in [3.63, 3.8) is 0 Å².